The van der Waals surface area contributed by atoms with Gasteiger partial charge in [0.25, 0.3) is 0 Å². The van der Waals surface area contributed by atoms with E-state index in [0.717, 1.165) is 11.8 Å². The van der Waals surface area contributed by atoms with Gasteiger partial charge in [0.1, 0.15) is 0 Å². The predicted molar refractivity (Wildman–Crippen MR) is 89.0 cm³/mol. The van der Waals surface area contributed by atoms with E-state index in [1.165, 1.54) is 25.6 Å². The monoisotopic (exact) mass is 345 g/mol. The third-order valence-electron chi connectivity index (χ3n) is 3.12. The molecule has 0 aromatic rings. The first-order chi connectivity index (χ1) is 8.06. The molecule has 1 rings (SSSR count). The molecule has 19 heavy (non-hydrogen) atoms. The van der Waals surface area contributed by atoms with Crippen molar-refractivity contribution < 1.29 is 26.2 Å². The van der Waals surface area contributed by atoms with E-state index < -0.39 is 0 Å². The molecule has 2 atom stereocenters. The van der Waals surface area contributed by atoms with Gasteiger partial charge >= 0.3 is 26.2 Å². The second-order valence-corrected chi connectivity index (χ2v) is 4.91. The first-order valence-corrected chi connectivity index (χ1v) is 6.62. The van der Waals surface area contributed by atoms with Crippen molar-refractivity contribution in [2.45, 2.75) is 39.3 Å². The van der Waals surface area contributed by atoms with Gasteiger partial charge in [-0.15, -0.1) is 6.82 Å². The van der Waals surface area contributed by atoms with Crippen molar-refractivity contribution in [2.24, 2.45) is 11.8 Å². The second kappa shape index (κ2) is 21.1. The first kappa shape index (κ1) is 28.1. The Morgan fingerprint density at radius 1 is 1.00 bits per heavy atom. The fraction of sp³-hybridized carbons (Fsp3) is 0.929. The van der Waals surface area contributed by atoms with Crippen LogP contribution in [0.5, 0.6) is 0 Å². The summed E-state index contributed by atoms with van der Waals surface area (Å²) in [6.07, 6.45) is 5.65. The van der Waals surface area contributed by atoms with Gasteiger partial charge < -0.3 is 23.3 Å². The van der Waals surface area contributed by atoms with E-state index in [4.69, 9.17) is 0 Å². The van der Waals surface area contributed by atoms with Crippen molar-refractivity contribution in [1.82, 2.24) is 0 Å². The quantitative estimate of drug-likeness (QED) is 0.523. The van der Waals surface area contributed by atoms with Crippen LogP contribution in [-0.4, -0.2) is 42.1 Å². The van der Waals surface area contributed by atoms with Crippen LogP contribution in [0.4, 0.5) is 0 Å². The zero-order valence-corrected chi connectivity index (χ0v) is 16.9. The van der Waals surface area contributed by atoms with Crippen molar-refractivity contribution in [2.75, 3.05) is 35.2 Å². The van der Waals surface area contributed by atoms with Gasteiger partial charge in [-0.1, -0.05) is 32.5 Å². The third kappa shape index (κ3) is 18.8. The third-order valence-corrected chi connectivity index (χ3v) is 3.12. The van der Waals surface area contributed by atoms with E-state index in [1.54, 1.807) is 28.2 Å². The molecule has 0 spiro atoms. The van der Waals surface area contributed by atoms with Gasteiger partial charge in [-0.05, 0) is 11.8 Å². The van der Waals surface area contributed by atoms with Gasteiger partial charge in [-0.25, -0.2) is 0 Å². The molecule has 0 aliphatic heterocycles. The second-order valence-electron chi connectivity index (χ2n) is 4.91. The molecule has 0 N–H and O–H groups in total. The minimum absolute atomic E-state index is 0. The minimum Gasteiger partial charge on any atom is -0.689 e. The summed E-state index contributed by atoms with van der Waals surface area (Å²) in [5.41, 5.74) is 0. The molecule has 0 aromatic heterocycles. The molecule has 1 unspecified atom stereocenters. The molecule has 1 aliphatic carbocycles. The maximum absolute atomic E-state index is 4.29. The van der Waals surface area contributed by atoms with Gasteiger partial charge in [-0.3, -0.25) is 0 Å². The summed E-state index contributed by atoms with van der Waals surface area (Å²) in [6.45, 7) is 5.20. The molecule has 3 nitrogen and oxygen atoms in total. The van der Waals surface area contributed by atoms with Gasteiger partial charge in [0.2, 0.25) is 0 Å². The summed E-state index contributed by atoms with van der Waals surface area (Å²) in [5.74, 6) is 1.92. The van der Waals surface area contributed by atoms with E-state index >= 15 is 0 Å². The Morgan fingerprint density at radius 3 is 1.68 bits per heavy atom. The summed E-state index contributed by atoms with van der Waals surface area (Å²) >= 11 is 0. The molecular weight excluding hydrogens is 312 g/mol. The van der Waals surface area contributed by atoms with Crippen molar-refractivity contribution in [3.63, 3.8) is 0 Å². The molecule has 0 bridgehead atoms. The Kier molecular flexibility index (Phi) is 31.2. The van der Waals surface area contributed by atoms with Crippen LogP contribution in [0.1, 0.15) is 26.2 Å². The molecular formula is C14H34BN3Zr. The van der Waals surface area contributed by atoms with Crippen LogP contribution in [0.15, 0.2) is 0 Å². The Balaban J connectivity index is -0.000000122. The predicted octanol–water partition coefficient (Wildman–Crippen LogP) is 4.73. The van der Waals surface area contributed by atoms with Gasteiger partial charge in [-0.2, -0.15) is 35.2 Å². The van der Waals surface area contributed by atoms with Crippen molar-refractivity contribution in [3.05, 3.63) is 23.3 Å². The van der Waals surface area contributed by atoms with Crippen molar-refractivity contribution >= 4 is 6.85 Å². The standard InChI is InChI=1S/C9H19BN.2C2H6N.CH3.Zr/c1-8-5-4-6-9(8)7-10(2)11-3;2*1-3-2;;/h8-9H,4-7H2,1-3H3;2*1-2H3;1H3;/q4*-1;+4/t8-,9?;;;;/m0..../s1. The van der Waals surface area contributed by atoms with Gasteiger partial charge in [0.15, 0.2) is 0 Å². The summed E-state index contributed by atoms with van der Waals surface area (Å²) in [4.78, 5) is 0. The Bertz CT molecular complexity index is 149. The van der Waals surface area contributed by atoms with Crippen LogP contribution in [0.2, 0.25) is 13.1 Å². The molecule has 0 amide bonds. The molecule has 0 aromatic carbocycles. The number of rotatable bonds is 3. The van der Waals surface area contributed by atoms with Crippen molar-refractivity contribution in [1.29, 1.82) is 0 Å². The molecule has 112 valence electrons. The fourth-order valence-corrected chi connectivity index (χ4v) is 2.12. The molecule has 1 fully saturated rings. The van der Waals surface area contributed by atoms with Crippen LogP contribution in [0, 0.1) is 19.3 Å². The normalized spacial score (nSPS) is 19.7. The number of hydrogen-bond acceptors (Lipinski definition) is 0. The maximum atomic E-state index is 4.29. The Labute approximate surface area is 142 Å². The van der Waals surface area contributed by atoms with Gasteiger partial charge in [0, 0.05) is 6.85 Å². The summed E-state index contributed by atoms with van der Waals surface area (Å²) < 4.78 is 0. The summed E-state index contributed by atoms with van der Waals surface area (Å²) in [5, 5.41) is 11.3. The molecule has 1 aliphatic rings. The van der Waals surface area contributed by atoms with E-state index in [-0.39, 0.29) is 33.6 Å². The number of hydrogen-bond donors (Lipinski definition) is 0. The number of nitrogens with zero attached hydrogens (tertiary/aromatic N) is 3. The molecule has 0 heterocycles. The minimum atomic E-state index is 0. The topological polar surface area (TPSA) is 42.3 Å². The first-order valence-electron chi connectivity index (χ1n) is 6.62. The van der Waals surface area contributed by atoms with E-state index in [9.17, 15) is 0 Å². The average molecular weight is 346 g/mol. The summed E-state index contributed by atoms with van der Waals surface area (Å²) in [6, 6.07) is 0. The van der Waals surface area contributed by atoms with Crippen LogP contribution in [-0.2, 0) is 26.2 Å². The smallest absolute Gasteiger partial charge is 0.689 e. The Hall–Kier alpha value is 0.828. The van der Waals surface area contributed by atoms with Crippen LogP contribution in [0.3, 0.4) is 0 Å². The average Bonchev–Trinajstić information content (AvgIpc) is 2.66. The largest absolute Gasteiger partial charge is 4.00 e. The van der Waals surface area contributed by atoms with Crippen LogP contribution in [0.25, 0.3) is 15.9 Å². The maximum Gasteiger partial charge on any atom is 4.00 e. The van der Waals surface area contributed by atoms with Crippen LogP contribution < -0.4 is 0 Å². The Morgan fingerprint density at radius 2 is 1.42 bits per heavy atom. The van der Waals surface area contributed by atoms with E-state index in [0.29, 0.717) is 6.85 Å². The summed E-state index contributed by atoms with van der Waals surface area (Å²) in [7, 11) is 8.93. The van der Waals surface area contributed by atoms with Crippen LogP contribution >= 0.6 is 0 Å². The van der Waals surface area contributed by atoms with E-state index in [1.807, 2.05) is 7.05 Å². The van der Waals surface area contributed by atoms with E-state index in [2.05, 4.69) is 29.6 Å². The fourth-order valence-electron chi connectivity index (χ4n) is 2.12. The molecule has 5 heteroatoms. The molecule has 1 saturated carbocycles. The zero-order chi connectivity index (χ0) is 13.7. The SMILES string of the molecule is C[N-]B(C)CC1CCC[C@@H]1C.C[N-]C.C[N-]C.[CH3-].[Zr+4]. The van der Waals surface area contributed by atoms with Gasteiger partial charge in [0.05, 0.1) is 0 Å². The molecule has 0 saturated heterocycles. The molecule has 0 radical (unpaired) electrons. The zero-order valence-electron chi connectivity index (χ0n) is 14.4. The van der Waals surface area contributed by atoms with Crippen molar-refractivity contribution in [3.8, 4) is 0 Å².